The van der Waals surface area contributed by atoms with Gasteiger partial charge in [-0.05, 0) is 32.6 Å². The number of halogens is 1. The molecule has 1 aliphatic heterocycles. The van der Waals surface area contributed by atoms with E-state index in [9.17, 15) is 0 Å². The number of aryl methyl sites for hydroxylation is 2. The second-order valence-electron chi connectivity index (χ2n) is 6.31. The number of rotatable bonds is 3. The van der Waals surface area contributed by atoms with Crippen LogP contribution in [0.15, 0.2) is 0 Å². The van der Waals surface area contributed by atoms with Crippen LogP contribution < -0.4 is 5.32 Å². The number of piperazine rings is 1. The third kappa shape index (κ3) is 2.54. The smallest absolute Gasteiger partial charge is 0.131 e. The summed E-state index contributed by atoms with van der Waals surface area (Å²) in [6, 6.07) is 0. The van der Waals surface area contributed by atoms with E-state index in [1.807, 2.05) is 14.0 Å². The SMILES string of the molecule is Cc1nn(C)c(Cl)c1CN1CCNC(C)(C2CC2)C1. The zero-order valence-corrected chi connectivity index (χ0v) is 12.8. The first kappa shape index (κ1) is 13.4. The Hall–Kier alpha value is -0.580. The molecule has 5 heteroatoms. The van der Waals surface area contributed by atoms with Crippen LogP contribution in [0.1, 0.15) is 31.0 Å². The predicted octanol–water partition coefficient (Wildman–Crippen LogP) is 1.96. The zero-order chi connectivity index (χ0) is 13.6. The van der Waals surface area contributed by atoms with Gasteiger partial charge in [0.1, 0.15) is 5.15 Å². The van der Waals surface area contributed by atoms with Crippen molar-refractivity contribution in [1.82, 2.24) is 20.0 Å². The van der Waals surface area contributed by atoms with E-state index in [-0.39, 0.29) is 0 Å². The monoisotopic (exact) mass is 282 g/mol. The summed E-state index contributed by atoms with van der Waals surface area (Å²) in [6.45, 7) is 8.61. The summed E-state index contributed by atoms with van der Waals surface area (Å²) in [6.07, 6.45) is 2.76. The molecular weight excluding hydrogens is 260 g/mol. The molecule has 1 saturated heterocycles. The van der Waals surface area contributed by atoms with E-state index in [2.05, 4.69) is 22.2 Å². The number of nitrogens with one attached hydrogen (secondary N) is 1. The molecule has 19 heavy (non-hydrogen) atoms. The molecule has 3 rings (SSSR count). The van der Waals surface area contributed by atoms with E-state index in [1.54, 1.807) is 4.68 Å². The maximum absolute atomic E-state index is 6.34. The van der Waals surface area contributed by atoms with Gasteiger partial charge >= 0.3 is 0 Å². The third-order valence-corrected chi connectivity index (χ3v) is 5.11. The molecule has 1 aliphatic carbocycles. The van der Waals surface area contributed by atoms with Gasteiger partial charge in [0.05, 0.1) is 5.69 Å². The van der Waals surface area contributed by atoms with Crippen LogP contribution in [0.2, 0.25) is 5.15 Å². The molecule has 1 saturated carbocycles. The first-order valence-electron chi connectivity index (χ1n) is 7.15. The normalized spacial score (nSPS) is 28.8. The first-order valence-corrected chi connectivity index (χ1v) is 7.53. The van der Waals surface area contributed by atoms with Gasteiger partial charge in [-0.25, -0.2) is 0 Å². The van der Waals surface area contributed by atoms with Gasteiger partial charge in [-0.3, -0.25) is 9.58 Å². The van der Waals surface area contributed by atoms with Crippen LogP contribution in [0.4, 0.5) is 0 Å². The molecule has 0 spiro atoms. The summed E-state index contributed by atoms with van der Waals surface area (Å²) < 4.78 is 1.77. The molecule has 2 aliphatic rings. The Labute approximate surface area is 120 Å². The molecule has 1 atom stereocenters. The molecule has 0 amide bonds. The number of nitrogens with zero attached hydrogens (tertiary/aromatic N) is 3. The fourth-order valence-electron chi connectivity index (χ4n) is 3.31. The molecule has 0 bridgehead atoms. The van der Waals surface area contributed by atoms with Gasteiger partial charge in [0, 0.05) is 44.3 Å². The summed E-state index contributed by atoms with van der Waals surface area (Å²) in [5, 5.41) is 8.90. The Balaban J connectivity index is 1.72. The summed E-state index contributed by atoms with van der Waals surface area (Å²) in [4.78, 5) is 2.52. The van der Waals surface area contributed by atoms with Crippen LogP contribution in [0.3, 0.4) is 0 Å². The van der Waals surface area contributed by atoms with Crippen LogP contribution >= 0.6 is 11.6 Å². The minimum Gasteiger partial charge on any atom is -0.309 e. The largest absolute Gasteiger partial charge is 0.309 e. The van der Waals surface area contributed by atoms with E-state index in [4.69, 9.17) is 11.6 Å². The number of aromatic nitrogens is 2. The van der Waals surface area contributed by atoms with Crippen molar-refractivity contribution >= 4 is 11.6 Å². The number of hydrogen-bond acceptors (Lipinski definition) is 3. The van der Waals surface area contributed by atoms with Crippen molar-refractivity contribution in [3.63, 3.8) is 0 Å². The predicted molar refractivity (Wildman–Crippen MR) is 77.4 cm³/mol. The minimum atomic E-state index is 0.292. The van der Waals surface area contributed by atoms with E-state index in [0.29, 0.717) is 5.54 Å². The van der Waals surface area contributed by atoms with E-state index in [0.717, 1.165) is 42.9 Å². The zero-order valence-electron chi connectivity index (χ0n) is 12.0. The van der Waals surface area contributed by atoms with Gasteiger partial charge in [-0.1, -0.05) is 11.6 Å². The van der Waals surface area contributed by atoms with Gasteiger partial charge in [-0.15, -0.1) is 0 Å². The minimum absolute atomic E-state index is 0.292. The molecule has 1 unspecified atom stereocenters. The average molecular weight is 283 g/mol. The molecule has 106 valence electrons. The third-order valence-electron chi connectivity index (χ3n) is 4.64. The summed E-state index contributed by atoms with van der Waals surface area (Å²) in [5.74, 6) is 0.862. The van der Waals surface area contributed by atoms with Crippen molar-refractivity contribution in [2.45, 2.75) is 38.8 Å². The fourth-order valence-corrected chi connectivity index (χ4v) is 3.54. The highest BCUT2D eigenvalue weighted by atomic mass is 35.5. The van der Waals surface area contributed by atoms with Crippen molar-refractivity contribution in [3.8, 4) is 0 Å². The van der Waals surface area contributed by atoms with Gasteiger partial charge in [0.25, 0.3) is 0 Å². The highest BCUT2D eigenvalue weighted by molar-refractivity contribution is 6.30. The summed E-state index contributed by atoms with van der Waals surface area (Å²) >= 11 is 6.34. The average Bonchev–Trinajstić information content (AvgIpc) is 3.16. The lowest BCUT2D eigenvalue weighted by Crippen LogP contribution is -2.59. The van der Waals surface area contributed by atoms with Gasteiger partial charge in [0.2, 0.25) is 0 Å². The van der Waals surface area contributed by atoms with Crippen LogP contribution in [-0.4, -0.2) is 39.9 Å². The van der Waals surface area contributed by atoms with Crippen molar-refractivity contribution in [2.24, 2.45) is 13.0 Å². The van der Waals surface area contributed by atoms with Crippen molar-refractivity contribution in [3.05, 3.63) is 16.4 Å². The van der Waals surface area contributed by atoms with Crippen molar-refractivity contribution in [1.29, 1.82) is 0 Å². The fraction of sp³-hybridized carbons (Fsp3) is 0.786. The molecule has 1 N–H and O–H groups in total. The Morgan fingerprint density at radius 2 is 2.21 bits per heavy atom. The molecule has 2 fully saturated rings. The lowest BCUT2D eigenvalue weighted by atomic mass is 9.92. The summed E-state index contributed by atoms with van der Waals surface area (Å²) in [7, 11) is 1.91. The maximum Gasteiger partial charge on any atom is 0.131 e. The topological polar surface area (TPSA) is 33.1 Å². The summed E-state index contributed by atoms with van der Waals surface area (Å²) in [5.41, 5.74) is 2.53. The van der Waals surface area contributed by atoms with Crippen LogP contribution in [0.5, 0.6) is 0 Å². The van der Waals surface area contributed by atoms with Crippen molar-refractivity contribution < 1.29 is 0 Å². The van der Waals surface area contributed by atoms with E-state index < -0.39 is 0 Å². The Morgan fingerprint density at radius 3 is 2.79 bits per heavy atom. The number of hydrogen-bond donors (Lipinski definition) is 1. The highest BCUT2D eigenvalue weighted by Gasteiger charge is 2.43. The van der Waals surface area contributed by atoms with Crippen LogP contribution in [0, 0.1) is 12.8 Å². The molecule has 0 radical (unpaired) electrons. The molecule has 1 aromatic rings. The molecule has 0 aromatic carbocycles. The van der Waals surface area contributed by atoms with Crippen molar-refractivity contribution in [2.75, 3.05) is 19.6 Å². The highest BCUT2D eigenvalue weighted by Crippen LogP contribution is 2.41. The van der Waals surface area contributed by atoms with Gasteiger partial charge < -0.3 is 5.32 Å². The van der Waals surface area contributed by atoms with E-state index in [1.165, 1.54) is 18.4 Å². The second-order valence-corrected chi connectivity index (χ2v) is 6.67. The molecule has 4 nitrogen and oxygen atoms in total. The van der Waals surface area contributed by atoms with Crippen LogP contribution in [-0.2, 0) is 13.6 Å². The van der Waals surface area contributed by atoms with Gasteiger partial charge in [0.15, 0.2) is 0 Å². The Morgan fingerprint density at radius 1 is 1.47 bits per heavy atom. The molecule has 1 aromatic heterocycles. The van der Waals surface area contributed by atoms with Crippen LogP contribution in [0.25, 0.3) is 0 Å². The standard InChI is InChI=1S/C14H23ClN4/c1-10-12(13(15)18(3)17-10)8-19-7-6-16-14(2,9-19)11-4-5-11/h11,16H,4-9H2,1-3H3. The second kappa shape index (κ2) is 4.76. The maximum atomic E-state index is 6.34. The first-order chi connectivity index (χ1) is 8.99. The lowest BCUT2D eigenvalue weighted by Gasteiger charge is -2.42. The molecular formula is C14H23ClN4. The Kier molecular flexibility index (Phi) is 3.36. The Bertz CT molecular complexity index is 480. The van der Waals surface area contributed by atoms with E-state index >= 15 is 0 Å². The van der Waals surface area contributed by atoms with Gasteiger partial charge in [-0.2, -0.15) is 5.10 Å². The molecule has 2 heterocycles. The lowest BCUT2D eigenvalue weighted by molar-refractivity contribution is 0.121. The quantitative estimate of drug-likeness (QED) is 0.920.